The highest BCUT2D eigenvalue weighted by Gasteiger charge is 2.22. The number of rotatable bonds is 4. The summed E-state index contributed by atoms with van der Waals surface area (Å²) >= 11 is 0. The van der Waals surface area contributed by atoms with E-state index in [0.29, 0.717) is 6.42 Å². The average Bonchev–Trinajstić information content (AvgIpc) is 2.48. The van der Waals surface area contributed by atoms with Gasteiger partial charge in [-0.25, -0.2) is 0 Å². The van der Waals surface area contributed by atoms with Crippen LogP contribution >= 0.6 is 0 Å². The zero-order valence-electron chi connectivity index (χ0n) is 11.2. The number of nitrogens with zero attached hydrogens (tertiary/aromatic N) is 3. The highest BCUT2D eigenvalue weighted by molar-refractivity contribution is 6.10. The van der Waals surface area contributed by atoms with Gasteiger partial charge in [-0.15, -0.1) is 0 Å². The molecule has 0 heterocycles. The maximum absolute atomic E-state index is 11.0. The minimum atomic E-state index is -0.676. The predicted octanol–water partition coefficient (Wildman–Crippen LogP) is 2.88. The molecule has 0 aliphatic heterocycles. The van der Waals surface area contributed by atoms with Crippen molar-refractivity contribution in [2.45, 2.75) is 6.42 Å². The van der Waals surface area contributed by atoms with E-state index in [1.54, 1.807) is 0 Å². The second-order valence-electron chi connectivity index (χ2n) is 4.72. The number of nitro benzene ring substituents is 2. The lowest BCUT2D eigenvalue weighted by atomic mass is 9.87. The molecule has 0 aromatic heterocycles. The Balaban J connectivity index is 1.87. The van der Waals surface area contributed by atoms with Crippen LogP contribution < -0.4 is 5.43 Å². The minimum absolute atomic E-state index is 0.118. The van der Waals surface area contributed by atoms with Crippen LogP contribution in [0.1, 0.15) is 11.1 Å². The fourth-order valence-corrected chi connectivity index (χ4v) is 2.23. The first-order valence-electron chi connectivity index (χ1n) is 6.40. The molecule has 2 aromatic carbocycles. The number of benzene rings is 2. The van der Waals surface area contributed by atoms with E-state index in [1.807, 2.05) is 24.3 Å². The molecule has 0 atom stereocenters. The van der Waals surface area contributed by atoms with Crippen LogP contribution in [0.5, 0.6) is 0 Å². The first kappa shape index (κ1) is 13.7. The molecule has 0 radical (unpaired) electrons. The quantitative estimate of drug-likeness (QED) is 0.689. The molecule has 1 aliphatic carbocycles. The standard InChI is InChI=1S/C14H10N4O4/c19-17(20)10-5-6-12(14(8-10)18(21)22)15-16-13-7-9-3-1-2-4-11(9)13/h1-6,8,15H,7H2/b16-13-. The molecule has 0 unspecified atom stereocenters. The van der Waals surface area contributed by atoms with Gasteiger partial charge in [-0.1, -0.05) is 24.3 Å². The van der Waals surface area contributed by atoms with Crippen molar-refractivity contribution in [3.8, 4) is 0 Å². The molecule has 1 N–H and O–H groups in total. The summed E-state index contributed by atoms with van der Waals surface area (Å²) in [4.78, 5) is 20.3. The monoisotopic (exact) mass is 298 g/mol. The third kappa shape index (κ3) is 2.37. The summed E-state index contributed by atoms with van der Waals surface area (Å²) in [7, 11) is 0. The molecule has 8 heteroatoms. The Hall–Kier alpha value is -3.29. The van der Waals surface area contributed by atoms with E-state index < -0.39 is 9.85 Å². The Labute approximate surface area is 124 Å². The molecule has 0 amide bonds. The fraction of sp³-hybridized carbons (Fsp3) is 0.0714. The van der Waals surface area contributed by atoms with Gasteiger partial charge in [-0.2, -0.15) is 5.10 Å². The summed E-state index contributed by atoms with van der Waals surface area (Å²) in [5.41, 5.74) is 4.99. The van der Waals surface area contributed by atoms with E-state index in [-0.39, 0.29) is 17.1 Å². The van der Waals surface area contributed by atoms with Crippen LogP contribution in [0.4, 0.5) is 17.1 Å². The van der Waals surface area contributed by atoms with Crippen LogP contribution in [-0.4, -0.2) is 15.6 Å². The summed E-state index contributed by atoms with van der Waals surface area (Å²) < 4.78 is 0. The van der Waals surface area contributed by atoms with Crippen LogP contribution in [0, 0.1) is 20.2 Å². The SMILES string of the molecule is O=[N+]([O-])c1ccc(N/N=C2/Cc3ccccc32)c([N+](=O)[O-])c1. The van der Waals surface area contributed by atoms with Crippen molar-refractivity contribution < 1.29 is 9.85 Å². The van der Waals surface area contributed by atoms with Gasteiger partial charge < -0.3 is 0 Å². The number of hydrogen-bond acceptors (Lipinski definition) is 6. The summed E-state index contributed by atoms with van der Waals surface area (Å²) in [5, 5.41) is 25.8. The normalized spacial score (nSPS) is 14.1. The molecule has 0 fully saturated rings. The van der Waals surface area contributed by atoms with Gasteiger partial charge in [0.05, 0.1) is 21.6 Å². The van der Waals surface area contributed by atoms with Crippen LogP contribution in [0.25, 0.3) is 0 Å². The van der Waals surface area contributed by atoms with Gasteiger partial charge in [-0.05, 0) is 11.6 Å². The lowest BCUT2D eigenvalue weighted by molar-refractivity contribution is -0.393. The molecule has 0 bridgehead atoms. The summed E-state index contributed by atoms with van der Waals surface area (Å²) in [5.74, 6) is 0. The molecule has 110 valence electrons. The van der Waals surface area contributed by atoms with Gasteiger partial charge in [0.15, 0.2) is 0 Å². The second-order valence-corrected chi connectivity index (χ2v) is 4.72. The number of fused-ring (bicyclic) bond motifs is 1. The summed E-state index contributed by atoms with van der Waals surface area (Å²) in [6.07, 6.45) is 0.684. The Bertz CT molecular complexity index is 816. The second kappa shape index (κ2) is 5.24. The van der Waals surface area contributed by atoms with Gasteiger partial charge in [0.2, 0.25) is 0 Å². The van der Waals surface area contributed by atoms with Gasteiger partial charge in [0.1, 0.15) is 5.69 Å². The Kier molecular flexibility index (Phi) is 3.26. The first-order valence-corrected chi connectivity index (χ1v) is 6.40. The van der Waals surface area contributed by atoms with Crippen molar-refractivity contribution in [3.63, 3.8) is 0 Å². The zero-order chi connectivity index (χ0) is 15.7. The van der Waals surface area contributed by atoms with Gasteiger partial charge in [0.25, 0.3) is 5.69 Å². The first-order chi connectivity index (χ1) is 10.6. The number of non-ortho nitro benzene ring substituents is 1. The predicted molar refractivity (Wildman–Crippen MR) is 80.1 cm³/mol. The van der Waals surface area contributed by atoms with Crippen LogP contribution in [0.2, 0.25) is 0 Å². The number of hydrogen-bond donors (Lipinski definition) is 1. The van der Waals surface area contributed by atoms with Crippen molar-refractivity contribution in [2.24, 2.45) is 5.10 Å². The van der Waals surface area contributed by atoms with Gasteiger partial charge in [-0.3, -0.25) is 25.7 Å². The van der Waals surface area contributed by atoms with Crippen molar-refractivity contribution in [2.75, 3.05) is 5.43 Å². The van der Waals surface area contributed by atoms with Crippen molar-refractivity contribution in [1.82, 2.24) is 0 Å². The van der Waals surface area contributed by atoms with Crippen molar-refractivity contribution in [1.29, 1.82) is 0 Å². The van der Waals surface area contributed by atoms with Crippen LogP contribution in [-0.2, 0) is 6.42 Å². The Morgan fingerprint density at radius 2 is 1.82 bits per heavy atom. The van der Waals surface area contributed by atoms with Crippen molar-refractivity contribution in [3.05, 3.63) is 73.8 Å². The van der Waals surface area contributed by atoms with Gasteiger partial charge >= 0.3 is 5.69 Å². The Morgan fingerprint density at radius 3 is 2.50 bits per heavy atom. The van der Waals surface area contributed by atoms with E-state index >= 15 is 0 Å². The molecule has 0 saturated heterocycles. The molecule has 0 saturated carbocycles. The lowest BCUT2D eigenvalue weighted by Crippen LogP contribution is -2.21. The topological polar surface area (TPSA) is 111 Å². The molecule has 8 nitrogen and oxygen atoms in total. The van der Waals surface area contributed by atoms with Crippen LogP contribution in [0.3, 0.4) is 0 Å². The van der Waals surface area contributed by atoms with Crippen molar-refractivity contribution >= 4 is 22.8 Å². The van der Waals surface area contributed by atoms with E-state index in [0.717, 1.165) is 17.3 Å². The molecule has 22 heavy (non-hydrogen) atoms. The summed E-state index contributed by atoms with van der Waals surface area (Å²) in [6.45, 7) is 0. The third-order valence-corrected chi connectivity index (χ3v) is 3.39. The van der Waals surface area contributed by atoms with E-state index in [9.17, 15) is 20.2 Å². The lowest BCUT2D eigenvalue weighted by Gasteiger charge is -2.20. The molecule has 1 aliphatic rings. The molecular formula is C14H10N4O4. The maximum Gasteiger partial charge on any atom is 0.301 e. The minimum Gasteiger partial charge on any atom is -0.271 e. The number of nitro groups is 2. The number of anilines is 1. The van der Waals surface area contributed by atoms with Crippen LogP contribution in [0.15, 0.2) is 47.6 Å². The third-order valence-electron chi connectivity index (χ3n) is 3.39. The maximum atomic E-state index is 11.0. The van der Waals surface area contributed by atoms with E-state index in [4.69, 9.17) is 0 Å². The zero-order valence-corrected chi connectivity index (χ0v) is 11.2. The largest absolute Gasteiger partial charge is 0.301 e. The highest BCUT2D eigenvalue weighted by Crippen LogP contribution is 2.30. The fourth-order valence-electron chi connectivity index (χ4n) is 2.23. The molecular weight excluding hydrogens is 288 g/mol. The highest BCUT2D eigenvalue weighted by atomic mass is 16.6. The summed E-state index contributed by atoms with van der Waals surface area (Å²) in [6, 6.07) is 11.1. The Morgan fingerprint density at radius 1 is 1.05 bits per heavy atom. The molecule has 3 rings (SSSR count). The molecule has 0 spiro atoms. The number of hydrazone groups is 1. The molecule has 2 aromatic rings. The smallest absolute Gasteiger partial charge is 0.271 e. The van der Waals surface area contributed by atoms with E-state index in [1.165, 1.54) is 17.7 Å². The number of nitrogens with one attached hydrogen (secondary N) is 1. The van der Waals surface area contributed by atoms with Gasteiger partial charge in [0, 0.05) is 18.1 Å². The van der Waals surface area contributed by atoms with E-state index in [2.05, 4.69) is 10.5 Å². The average molecular weight is 298 g/mol.